The quantitative estimate of drug-likeness (QED) is 0.433. The van der Waals surface area contributed by atoms with E-state index in [9.17, 15) is 26.3 Å². The van der Waals surface area contributed by atoms with Crippen LogP contribution in [0.3, 0.4) is 0 Å². The van der Waals surface area contributed by atoms with Crippen LogP contribution in [-0.4, -0.2) is 12.7 Å². The Morgan fingerprint density at radius 2 is 1.52 bits per heavy atom. The number of nitrogens with zero attached hydrogens (tertiary/aromatic N) is 2. The normalized spacial score (nSPS) is 12.0. The Bertz CT molecular complexity index is 842. The molecule has 0 N–H and O–H groups in total. The summed E-state index contributed by atoms with van der Waals surface area (Å²) in [5.41, 5.74) is 0.102. The van der Waals surface area contributed by atoms with Crippen molar-refractivity contribution in [2.45, 2.75) is 32.7 Å². The van der Waals surface area contributed by atoms with Gasteiger partial charge in [-0.1, -0.05) is 35.4 Å². The van der Waals surface area contributed by atoms with Crippen molar-refractivity contribution in [3.05, 3.63) is 70.1 Å². The van der Waals surface area contributed by atoms with Crippen LogP contribution >= 0.6 is 0 Å². The Morgan fingerprint density at radius 1 is 0.926 bits per heavy atom. The predicted octanol–water partition coefficient (Wildman–Crippen LogP) is 6.44. The smallest absolute Gasteiger partial charge is 0.358 e. The second kappa shape index (κ2) is 7.51. The summed E-state index contributed by atoms with van der Waals surface area (Å²) in [6.07, 6.45) is -9.44. The van der Waals surface area contributed by atoms with Crippen LogP contribution in [0.5, 0.6) is 0 Å². The molecule has 0 heterocycles. The number of hydrogen-bond donors (Lipinski definition) is 0. The zero-order valence-corrected chi connectivity index (χ0v) is 14.5. The monoisotopic (exact) mass is 386 g/mol. The highest BCUT2D eigenvalue weighted by molar-refractivity contribution is 5.62. The molecule has 0 bridgehead atoms. The lowest BCUT2D eigenvalue weighted by Crippen LogP contribution is -2.34. The van der Waals surface area contributed by atoms with Crippen LogP contribution in [0.2, 0.25) is 0 Å². The second-order valence-corrected chi connectivity index (χ2v) is 6.28. The van der Waals surface area contributed by atoms with Gasteiger partial charge < -0.3 is 4.90 Å². The van der Waals surface area contributed by atoms with Crippen molar-refractivity contribution in [3.8, 4) is 0 Å². The summed E-state index contributed by atoms with van der Waals surface area (Å²) >= 11 is 0. The van der Waals surface area contributed by atoms with E-state index in [1.54, 1.807) is 26.0 Å². The average Bonchev–Trinajstić information content (AvgIpc) is 2.50. The maximum Gasteiger partial charge on any atom is 0.407 e. The summed E-state index contributed by atoms with van der Waals surface area (Å²) in [6, 6.07) is 7.84. The molecule has 0 amide bonds. The van der Waals surface area contributed by atoms with Crippen LogP contribution in [0.15, 0.2) is 36.4 Å². The average molecular weight is 386 g/mol. The molecule has 0 atom stereocenters. The molecule has 144 valence electrons. The van der Waals surface area contributed by atoms with Crippen molar-refractivity contribution in [1.82, 2.24) is 0 Å². The van der Waals surface area contributed by atoms with Gasteiger partial charge in [0.25, 0.3) is 0 Å². The molecule has 0 saturated heterocycles. The number of rotatable bonds is 4. The number of alkyl halides is 6. The third kappa shape index (κ3) is 5.64. The lowest BCUT2D eigenvalue weighted by molar-refractivity contribution is -0.136. The molecule has 8 heteroatoms. The number of hydrogen-bond acceptors (Lipinski definition) is 1. The van der Waals surface area contributed by atoms with E-state index in [4.69, 9.17) is 6.57 Å². The lowest BCUT2D eigenvalue weighted by Gasteiger charge is -2.27. The number of halogens is 6. The maximum atomic E-state index is 13.2. The van der Waals surface area contributed by atoms with Crippen LogP contribution in [0, 0.1) is 20.4 Å². The molecule has 2 rings (SSSR count). The van der Waals surface area contributed by atoms with Gasteiger partial charge in [0.05, 0.1) is 12.1 Å². The zero-order chi connectivity index (χ0) is 20.4. The lowest BCUT2D eigenvalue weighted by atomic mass is 10.1. The second-order valence-electron chi connectivity index (χ2n) is 6.28. The van der Waals surface area contributed by atoms with Crippen LogP contribution in [0.1, 0.15) is 22.3 Å². The Labute approximate surface area is 152 Å². The molecule has 0 unspecified atom stereocenters. The molecule has 0 aliphatic rings. The van der Waals surface area contributed by atoms with Crippen molar-refractivity contribution in [1.29, 1.82) is 0 Å². The molecule has 0 aromatic heterocycles. The largest absolute Gasteiger partial charge is 0.407 e. The SMILES string of the molecule is [C-]#[N+]c1ccc(N(Cc2cc(C)cc(C)c2)CC(F)(F)F)cc1C(F)(F)F. The van der Waals surface area contributed by atoms with Crippen molar-refractivity contribution in [3.63, 3.8) is 0 Å². The summed E-state index contributed by atoms with van der Waals surface area (Å²) in [5.74, 6) is 0. The molecule has 2 aromatic carbocycles. The highest BCUT2D eigenvalue weighted by Gasteiger charge is 2.35. The van der Waals surface area contributed by atoms with Gasteiger partial charge in [0.1, 0.15) is 6.54 Å². The van der Waals surface area contributed by atoms with Gasteiger partial charge in [0.2, 0.25) is 0 Å². The van der Waals surface area contributed by atoms with Crippen molar-refractivity contribution in [2.75, 3.05) is 11.4 Å². The van der Waals surface area contributed by atoms with Crippen LogP contribution in [0.4, 0.5) is 37.7 Å². The van der Waals surface area contributed by atoms with Crippen LogP contribution in [-0.2, 0) is 12.7 Å². The van der Waals surface area contributed by atoms with Crippen molar-refractivity contribution in [2.24, 2.45) is 0 Å². The Kier molecular flexibility index (Phi) is 5.73. The molecule has 2 nitrogen and oxygen atoms in total. The first-order chi connectivity index (χ1) is 12.4. The fourth-order valence-corrected chi connectivity index (χ4v) is 2.88. The van der Waals surface area contributed by atoms with E-state index < -0.39 is 30.1 Å². The Hall–Kier alpha value is -2.69. The number of aryl methyl sites for hydroxylation is 2. The molecule has 0 fully saturated rings. The molecule has 27 heavy (non-hydrogen) atoms. The fourth-order valence-electron chi connectivity index (χ4n) is 2.88. The van der Waals surface area contributed by atoms with E-state index >= 15 is 0 Å². The minimum Gasteiger partial charge on any atom is -0.358 e. The molecular formula is C19H16F6N2. The van der Waals surface area contributed by atoms with Gasteiger partial charge in [-0.3, -0.25) is 0 Å². The minimum absolute atomic E-state index is 0.212. The highest BCUT2D eigenvalue weighted by atomic mass is 19.4. The highest BCUT2D eigenvalue weighted by Crippen LogP contribution is 2.39. The summed E-state index contributed by atoms with van der Waals surface area (Å²) < 4.78 is 78.6. The zero-order valence-electron chi connectivity index (χ0n) is 14.5. The third-order valence-electron chi connectivity index (χ3n) is 3.80. The first kappa shape index (κ1) is 20.6. The summed E-state index contributed by atoms with van der Waals surface area (Å²) in [7, 11) is 0. The van der Waals surface area contributed by atoms with Gasteiger partial charge in [0.15, 0.2) is 5.69 Å². The summed E-state index contributed by atoms with van der Waals surface area (Å²) in [5, 5.41) is 0. The van der Waals surface area contributed by atoms with Gasteiger partial charge in [-0.25, -0.2) is 4.85 Å². The first-order valence-electron chi connectivity index (χ1n) is 7.86. The summed E-state index contributed by atoms with van der Waals surface area (Å²) in [4.78, 5) is 3.64. The topological polar surface area (TPSA) is 7.60 Å². The van der Waals surface area contributed by atoms with E-state index in [0.29, 0.717) is 11.6 Å². The maximum absolute atomic E-state index is 13.2. The minimum atomic E-state index is -4.83. The fraction of sp³-hybridized carbons (Fsp3) is 0.316. The van der Waals surface area contributed by atoms with E-state index in [0.717, 1.165) is 28.2 Å². The number of anilines is 1. The van der Waals surface area contributed by atoms with Crippen molar-refractivity contribution >= 4 is 11.4 Å². The van der Waals surface area contributed by atoms with E-state index in [1.165, 1.54) is 0 Å². The molecule has 0 spiro atoms. The van der Waals surface area contributed by atoms with Crippen LogP contribution in [0.25, 0.3) is 4.85 Å². The van der Waals surface area contributed by atoms with Gasteiger partial charge in [-0.15, -0.1) is 0 Å². The molecule has 0 saturated carbocycles. The summed E-state index contributed by atoms with van der Waals surface area (Å²) in [6.45, 7) is 8.80. The standard InChI is InChI=1S/C19H16F6N2/c1-12-6-13(2)8-14(7-12)10-27(11-18(20,21)22)15-4-5-17(26-3)16(9-15)19(23,24)25/h4-9H,10-11H2,1-2H3. The van der Waals surface area contributed by atoms with E-state index in [1.807, 2.05) is 6.07 Å². The third-order valence-corrected chi connectivity index (χ3v) is 3.80. The van der Waals surface area contributed by atoms with E-state index in [2.05, 4.69) is 4.85 Å². The molecular weight excluding hydrogens is 370 g/mol. The van der Waals surface area contributed by atoms with Gasteiger partial charge in [-0.2, -0.15) is 26.3 Å². The first-order valence-corrected chi connectivity index (χ1v) is 7.86. The van der Waals surface area contributed by atoms with Crippen molar-refractivity contribution < 1.29 is 26.3 Å². The van der Waals surface area contributed by atoms with Gasteiger partial charge in [-0.05, 0) is 31.5 Å². The van der Waals surface area contributed by atoms with Gasteiger partial charge in [0, 0.05) is 12.2 Å². The van der Waals surface area contributed by atoms with Crippen LogP contribution < -0.4 is 4.90 Å². The predicted molar refractivity (Wildman–Crippen MR) is 90.7 cm³/mol. The van der Waals surface area contributed by atoms with Gasteiger partial charge >= 0.3 is 12.4 Å². The number of benzene rings is 2. The van der Waals surface area contributed by atoms with E-state index in [-0.39, 0.29) is 12.2 Å². The Morgan fingerprint density at radius 3 is 2.00 bits per heavy atom. The molecule has 0 aliphatic carbocycles. The molecule has 2 aromatic rings. The molecule has 0 aliphatic heterocycles. The molecule has 0 radical (unpaired) electrons. The Balaban J connectivity index is 2.49.